The van der Waals surface area contributed by atoms with Crippen LogP contribution in [0.2, 0.25) is 0 Å². The van der Waals surface area contributed by atoms with Crippen molar-refractivity contribution in [2.75, 3.05) is 11.9 Å². The van der Waals surface area contributed by atoms with E-state index in [1.54, 1.807) is 30.3 Å². The molecular formula is C18H21N3O3. The first-order valence-electron chi connectivity index (χ1n) is 7.94. The molecule has 1 aromatic heterocycles. The molecule has 2 N–H and O–H groups in total. The van der Waals surface area contributed by atoms with Crippen LogP contribution >= 0.6 is 0 Å². The monoisotopic (exact) mass is 327 g/mol. The summed E-state index contributed by atoms with van der Waals surface area (Å²) >= 11 is 0. The predicted molar refractivity (Wildman–Crippen MR) is 93.0 cm³/mol. The first-order valence-corrected chi connectivity index (χ1v) is 7.94. The van der Waals surface area contributed by atoms with Gasteiger partial charge in [0, 0.05) is 18.3 Å². The SMILES string of the molecule is CCCCNC(=O)Cn1cccc(NC(=O)c2ccccc2)c1=O. The molecule has 0 aliphatic rings. The van der Waals surface area contributed by atoms with Crippen molar-refractivity contribution < 1.29 is 9.59 Å². The molecule has 1 aromatic carbocycles. The first-order chi connectivity index (χ1) is 11.6. The molecule has 6 nitrogen and oxygen atoms in total. The molecule has 0 atom stereocenters. The van der Waals surface area contributed by atoms with Crippen molar-refractivity contribution in [2.24, 2.45) is 0 Å². The van der Waals surface area contributed by atoms with E-state index in [0.717, 1.165) is 12.8 Å². The van der Waals surface area contributed by atoms with Crippen LogP contribution in [0.5, 0.6) is 0 Å². The van der Waals surface area contributed by atoms with Gasteiger partial charge in [0.1, 0.15) is 12.2 Å². The fraction of sp³-hybridized carbons (Fsp3) is 0.278. The fourth-order valence-corrected chi connectivity index (χ4v) is 2.16. The Bertz CT molecular complexity index is 754. The smallest absolute Gasteiger partial charge is 0.274 e. The van der Waals surface area contributed by atoms with Crippen molar-refractivity contribution >= 4 is 17.5 Å². The Kier molecular flexibility index (Phi) is 6.31. The molecule has 2 rings (SSSR count). The molecule has 2 aromatic rings. The lowest BCUT2D eigenvalue weighted by Gasteiger charge is -2.09. The van der Waals surface area contributed by atoms with Crippen LogP contribution in [0, 0.1) is 0 Å². The number of benzene rings is 1. The van der Waals surface area contributed by atoms with Gasteiger partial charge in [-0.2, -0.15) is 0 Å². The molecule has 24 heavy (non-hydrogen) atoms. The van der Waals surface area contributed by atoms with Gasteiger partial charge in [0.25, 0.3) is 11.5 Å². The fourth-order valence-electron chi connectivity index (χ4n) is 2.16. The Morgan fingerprint density at radius 1 is 1.08 bits per heavy atom. The largest absolute Gasteiger partial charge is 0.355 e. The van der Waals surface area contributed by atoms with E-state index >= 15 is 0 Å². The highest BCUT2D eigenvalue weighted by Crippen LogP contribution is 2.04. The van der Waals surface area contributed by atoms with Gasteiger partial charge >= 0.3 is 0 Å². The highest BCUT2D eigenvalue weighted by molar-refractivity contribution is 6.04. The summed E-state index contributed by atoms with van der Waals surface area (Å²) in [5.74, 6) is -0.588. The third-order valence-corrected chi connectivity index (χ3v) is 3.47. The highest BCUT2D eigenvalue weighted by atomic mass is 16.2. The third-order valence-electron chi connectivity index (χ3n) is 3.47. The molecule has 0 bridgehead atoms. The summed E-state index contributed by atoms with van der Waals surface area (Å²) in [7, 11) is 0. The summed E-state index contributed by atoms with van der Waals surface area (Å²) in [4.78, 5) is 36.3. The maximum absolute atomic E-state index is 12.4. The zero-order chi connectivity index (χ0) is 17.4. The van der Waals surface area contributed by atoms with Crippen LogP contribution in [-0.4, -0.2) is 22.9 Å². The van der Waals surface area contributed by atoms with Crippen LogP contribution in [0.4, 0.5) is 5.69 Å². The van der Waals surface area contributed by atoms with Crippen molar-refractivity contribution in [1.82, 2.24) is 9.88 Å². The predicted octanol–water partition coefficient (Wildman–Crippen LogP) is 2.02. The lowest BCUT2D eigenvalue weighted by Crippen LogP contribution is -2.33. The van der Waals surface area contributed by atoms with Gasteiger partial charge < -0.3 is 15.2 Å². The molecule has 0 unspecified atom stereocenters. The second kappa shape index (κ2) is 8.67. The summed E-state index contributed by atoms with van der Waals surface area (Å²) < 4.78 is 1.28. The minimum Gasteiger partial charge on any atom is -0.355 e. The first kappa shape index (κ1) is 17.5. The molecule has 0 saturated heterocycles. The number of nitrogens with one attached hydrogen (secondary N) is 2. The van der Waals surface area contributed by atoms with Crippen LogP contribution in [0.25, 0.3) is 0 Å². The number of amides is 2. The minimum absolute atomic E-state index is 0.0718. The quantitative estimate of drug-likeness (QED) is 0.764. The number of anilines is 1. The molecule has 2 amide bonds. The van der Waals surface area contributed by atoms with Gasteiger partial charge in [0.05, 0.1) is 0 Å². The van der Waals surface area contributed by atoms with Crippen molar-refractivity contribution in [3.8, 4) is 0 Å². The van der Waals surface area contributed by atoms with Crippen molar-refractivity contribution in [3.63, 3.8) is 0 Å². The maximum Gasteiger partial charge on any atom is 0.274 e. The number of unbranched alkanes of at least 4 members (excludes halogenated alkanes) is 1. The zero-order valence-electron chi connectivity index (χ0n) is 13.6. The second-order valence-corrected chi connectivity index (χ2v) is 5.38. The van der Waals surface area contributed by atoms with Crippen molar-refractivity contribution in [1.29, 1.82) is 0 Å². The number of nitrogens with zero attached hydrogens (tertiary/aromatic N) is 1. The van der Waals surface area contributed by atoms with Gasteiger partial charge in [-0.3, -0.25) is 14.4 Å². The van der Waals surface area contributed by atoms with Gasteiger partial charge in [-0.25, -0.2) is 0 Å². The van der Waals surface area contributed by atoms with E-state index in [4.69, 9.17) is 0 Å². The van der Waals surface area contributed by atoms with E-state index in [9.17, 15) is 14.4 Å². The zero-order valence-corrected chi connectivity index (χ0v) is 13.6. The minimum atomic E-state index is -0.410. The van der Waals surface area contributed by atoms with Gasteiger partial charge in [-0.1, -0.05) is 31.5 Å². The summed E-state index contributed by atoms with van der Waals surface area (Å²) in [5.41, 5.74) is 0.199. The molecule has 0 spiro atoms. The van der Waals surface area contributed by atoms with Gasteiger partial charge in [-0.15, -0.1) is 0 Å². The molecule has 0 aliphatic heterocycles. The average molecular weight is 327 g/mol. The number of carbonyl (C=O) groups excluding carboxylic acids is 2. The van der Waals surface area contributed by atoms with Crippen LogP contribution in [0.3, 0.4) is 0 Å². The number of rotatable bonds is 7. The van der Waals surface area contributed by atoms with Crippen LogP contribution in [-0.2, 0) is 11.3 Å². The highest BCUT2D eigenvalue weighted by Gasteiger charge is 2.11. The number of aromatic nitrogens is 1. The van der Waals surface area contributed by atoms with Crippen LogP contribution in [0.15, 0.2) is 53.5 Å². The number of carbonyl (C=O) groups is 2. The van der Waals surface area contributed by atoms with Crippen LogP contribution in [0.1, 0.15) is 30.1 Å². The average Bonchev–Trinajstić information content (AvgIpc) is 2.59. The summed E-state index contributed by atoms with van der Waals surface area (Å²) in [6, 6.07) is 11.8. The van der Waals surface area contributed by atoms with Gasteiger partial charge in [-0.05, 0) is 30.7 Å². The topological polar surface area (TPSA) is 80.2 Å². The Morgan fingerprint density at radius 2 is 1.83 bits per heavy atom. The molecular weight excluding hydrogens is 306 g/mol. The van der Waals surface area contributed by atoms with Crippen LogP contribution < -0.4 is 16.2 Å². The molecule has 0 aliphatic carbocycles. The Hall–Kier alpha value is -2.89. The molecule has 0 fully saturated rings. The van der Waals surface area contributed by atoms with Crippen molar-refractivity contribution in [3.05, 3.63) is 64.6 Å². The van der Waals surface area contributed by atoms with E-state index in [-0.39, 0.29) is 24.0 Å². The maximum atomic E-state index is 12.4. The Balaban J connectivity index is 2.06. The van der Waals surface area contributed by atoms with Crippen molar-refractivity contribution in [2.45, 2.75) is 26.3 Å². The van der Waals surface area contributed by atoms with E-state index in [1.807, 2.05) is 13.0 Å². The summed E-state index contributed by atoms with van der Waals surface area (Å²) in [5, 5.41) is 5.35. The van der Waals surface area contributed by atoms with E-state index in [0.29, 0.717) is 12.1 Å². The van der Waals surface area contributed by atoms with E-state index in [1.165, 1.54) is 16.8 Å². The number of hydrogen-bond acceptors (Lipinski definition) is 3. The standard InChI is InChI=1S/C18H21N3O3/c1-2-3-11-19-16(22)13-21-12-7-10-15(18(21)24)20-17(23)14-8-5-4-6-9-14/h4-10,12H,2-3,11,13H2,1H3,(H,19,22)(H,20,23). The Morgan fingerprint density at radius 3 is 2.54 bits per heavy atom. The van der Waals surface area contributed by atoms with Gasteiger partial charge in [0.2, 0.25) is 5.91 Å². The normalized spacial score (nSPS) is 10.2. The summed E-state index contributed by atoms with van der Waals surface area (Å²) in [6.45, 7) is 2.56. The molecule has 6 heteroatoms. The third kappa shape index (κ3) is 4.81. The summed E-state index contributed by atoms with van der Waals surface area (Å²) in [6.07, 6.45) is 3.41. The lowest BCUT2D eigenvalue weighted by molar-refractivity contribution is -0.121. The molecule has 126 valence electrons. The van der Waals surface area contributed by atoms with E-state index < -0.39 is 5.56 Å². The number of pyridine rings is 1. The second-order valence-electron chi connectivity index (χ2n) is 5.38. The Labute approximate surface area is 140 Å². The lowest BCUT2D eigenvalue weighted by atomic mass is 10.2. The molecule has 0 saturated carbocycles. The van der Waals surface area contributed by atoms with Gasteiger partial charge in [0.15, 0.2) is 0 Å². The van der Waals surface area contributed by atoms with E-state index in [2.05, 4.69) is 10.6 Å². The molecule has 1 heterocycles. The molecule has 0 radical (unpaired) electrons. The number of hydrogen-bond donors (Lipinski definition) is 2.